The van der Waals surface area contributed by atoms with E-state index in [4.69, 9.17) is 9.47 Å². The van der Waals surface area contributed by atoms with E-state index in [1.807, 2.05) is 42.5 Å². The highest BCUT2D eigenvalue weighted by molar-refractivity contribution is 6.03. The zero-order valence-electron chi connectivity index (χ0n) is 14.9. The van der Waals surface area contributed by atoms with E-state index in [0.717, 1.165) is 34.8 Å². The molecule has 136 valence electrons. The number of aromatic nitrogens is 1. The largest absolute Gasteiger partial charge is 0.454 e. The molecule has 1 aliphatic heterocycles. The molecule has 27 heavy (non-hydrogen) atoms. The second-order valence-electron chi connectivity index (χ2n) is 6.09. The summed E-state index contributed by atoms with van der Waals surface area (Å²) in [6.45, 7) is 2.29. The first-order valence-electron chi connectivity index (χ1n) is 8.75. The van der Waals surface area contributed by atoms with Gasteiger partial charge in [0.1, 0.15) is 5.69 Å². The zero-order chi connectivity index (χ0) is 18.6. The van der Waals surface area contributed by atoms with Gasteiger partial charge in [-0.05, 0) is 42.3 Å². The molecule has 4 rings (SSSR count). The van der Waals surface area contributed by atoms with Crippen LogP contribution >= 0.6 is 0 Å². The Morgan fingerprint density at radius 2 is 1.85 bits per heavy atom. The van der Waals surface area contributed by atoms with E-state index in [9.17, 15) is 4.79 Å². The Morgan fingerprint density at radius 1 is 1.04 bits per heavy atom. The maximum absolute atomic E-state index is 12.6. The number of ether oxygens (including phenoxy) is 2. The van der Waals surface area contributed by atoms with Gasteiger partial charge < -0.3 is 20.1 Å². The van der Waals surface area contributed by atoms with Gasteiger partial charge in [-0.25, -0.2) is 0 Å². The number of hydrogen-bond acceptors (Lipinski definition) is 5. The molecule has 1 aromatic heterocycles. The van der Waals surface area contributed by atoms with Gasteiger partial charge in [0.15, 0.2) is 11.5 Å². The molecule has 0 atom stereocenters. The lowest BCUT2D eigenvalue weighted by Crippen LogP contribution is -2.15. The summed E-state index contributed by atoms with van der Waals surface area (Å²) >= 11 is 0. The van der Waals surface area contributed by atoms with Gasteiger partial charge in [-0.15, -0.1) is 0 Å². The molecule has 0 bridgehead atoms. The van der Waals surface area contributed by atoms with E-state index in [1.54, 1.807) is 18.3 Å². The number of benzene rings is 2. The van der Waals surface area contributed by atoms with E-state index in [0.29, 0.717) is 11.4 Å². The second-order valence-corrected chi connectivity index (χ2v) is 6.09. The summed E-state index contributed by atoms with van der Waals surface area (Å²) in [5.74, 6) is 1.18. The number of anilines is 3. The van der Waals surface area contributed by atoms with Gasteiger partial charge in [-0.3, -0.25) is 9.78 Å². The quantitative estimate of drug-likeness (QED) is 0.706. The first kappa shape index (κ1) is 16.9. The maximum Gasteiger partial charge on any atom is 0.274 e. The lowest BCUT2D eigenvalue weighted by Gasteiger charge is -2.11. The second kappa shape index (κ2) is 7.37. The predicted octanol–water partition coefficient (Wildman–Crippen LogP) is 4.37. The van der Waals surface area contributed by atoms with Crippen molar-refractivity contribution >= 4 is 23.0 Å². The number of aryl methyl sites for hydroxylation is 1. The predicted molar refractivity (Wildman–Crippen MR) is 104 cm³/mol. The maximum atomic E-state index is 12.6. The zero-order valence-corrected chi connectivity index (χ0v) is 14.9. The third kappa shape index (κ3) is 3.69. The fourth-order valence-corrected chi connectivity index (χ4v) is 2.91. The van der Waals surface area contributed by atoms with Crippen LogP contribution in [0.25, 0.3) is 0 Å². The Labute approximate surface area is 157 Å². The number of pyridine rings is 1. The molecule has 0 fully saturated rings. The molecule has 0 unspecified atom stereocenters. The van der Waals surface area contributed by atoms with Crippen LogP contribution in [0.4, 0.5) is 17.1 Å². The number of para-hydroxylation sites is 1. The van der Waals surface area contributed by atoms with Crippen molar-refractivity contribution in [2.24, 2.45) is 0 Å². The minimum atomic E-state index is -0.245. The molecule has 2 N–H and O–H groups in total. The molecule has 0 spiro atoms. The number of amides is 1. The molecule has 2 heterocycles. The number of carbonyl (C=O) groups is 1. The van der Waals surface area contributed by atoms with Crippen LogP contribution in [-0.2, 0) is 6.42 Å². The van der Waals surface area contributed by atoms with Gasteiger partial charge in [0, 0.05) is 29.3 Å². The lowest BCUT2D eigenvalue weighted by molar-refractivity contribution is 0.102. The smallest absolute Gasteiger partial charge is 0.274 e. The monoisotopic (exact) mass is 361 g/mol. The van der Waals surface area contributed by atoms with Crippen molar-refractivity contribution in [1.82, 2.24) is 4.98 Å². The van der Waals surface area contributed by atoms with Gasteiger partial charge >= 0.3 is 0 Å². The van der Waals surface area contributed by atoms with Crippen LogP contribution in [0.5, 0.6) is 11.5 Å². The first-order chi connectivity index (χ1) is 13.2. The fourth-order valence-electron chi connectivity index (χ4n) is 2.91. The average Bonchev–Trinajstić information content (AvgIpc) is 3.16. The Morgan fingerprint density at radius 3 is 2.74 bits per heavy atom. The summed E-state index contributed by atoms with van der Waals surface area (Å²) in [6, 6.07) is 16.9. The Kier molecular flexibility index (Phi) is 4.61. The summed E-state index contributed by atoms with van der Waals surface area (Å²) in [7, 11) is 0. The van der Waals surface area contributed by atoms with Crippen molar-refractivity contribution in [1.29, 1.82) is 0 Å². The first-order valence-corrected chi connectivity index (χ1v) is 8.75. The minimum Gasteiger partial charge on any atom is -0.454 e. The van der Waals surface area contributed by atoms with Crippen LogP contribution in [0.15, 0.2) is 60.8 Å². The van der Waals surface area contributed by atoms with Crippen molar-refractivity contribution < 1.29 is 14.3 Å². The van der Waals surface area contributed by atoms with Crippen molar-refractivity contribution in [2.45, 2.75) is 13.3 Å². The molecule has 0 radical (unpaired) electrons. The highest BCUT2D eigenvalue weighted by Gasteiger charge is 2.14. The highest BCUT2D eigenvalue weighted by atomic mass is 16.7. The standard InChI is InChI=1S/C21H19N3O3/c1-2-14-5-3-4-6-17(14)24-21(25)18-11-16(9-10-22-18)23-15-7-8-19-20(12-15)27-13-26-19/h3-12H,2,13H2,1H3,(H,22,23)(H,24,25). The van der Waals surface area contributed by atoms with Gasteiger partial charge in [0.05, 0.1) is 0 Å². The molecule has 0 saturated heterocycles. The number of nitrogens with one attached hydrogen (secondary N) is 2. The van der Waals surface area contributed by atoms with Crippen LogP contribution < -0.4 is 20.1 Å². The van der Waals surface area contributed by atoms with E-state index < -0.39 is 0 Å². The number of carbonyl (C=O) groups excluding carboxylic acids is 1. The summed E-state index contributed by atoms with van der Waals surface area (Å²) in [5.41, 5.74) is 3.83. The Hall–Kier alpha value is -3.54. The van der Waals surface area contributed by atoms with Crippen LogP contribution in [0.3, 0.4) is 0 Å². The molecule has 6 heteroatoms. The van der Waals surface area contributed by atoms with Gasteiger partial charge in [-0.2, -0.15) is 0 Å². The SMILES string of the molecule is CCc1ccccc1NC(=O)c1cc(Nc2ccc3c(c2)OCO3)ccn1. The molecule has 3 aromatic rings. The summed E-state index contributed by atoms with van der Waals surface area (Å²) in [6.07, 6.45) is 2.45. The van der Waals surface area contributed by atoms with Crippen LogP contribution in [0.2, 0.25) is 0 Å². The van der Waals surface area contributed by atoms with Crippen LogP contribution in [0, 0.1) is 0 Å². The summed E-state index contributed by atoms with van der Waals surface area (Å²) in [5, 5.41) is 6.20. The van der Waals surface area contributed by atoms with E-state index in [-0.39, 0.29) is 12.7 Å². The Bertz CT molecular complexity index is 988. The number of rotatable bonds is 5. The fraction of sp³-hybridized carbons (Fsp3) is 0.143. The van der Waals surface area contributed by atoms with Crippen LogP contribution in [0.1, 0.15) is 23.0 Å². The molecule has 0 saturated carbocycles. The third-order valence-corrected chi connectivity index (χ3v) is 4.30. The normalized spacial score (nSPS) is 11.9. The number of hydrogen-bond donors (Lipinski definition) is 2. The topological polar surface area (TPSA) is 72.5 Å². The summed E-state index contributed by atoms with van der Waals surface area (Å²) < 4.78 is 10.7. The highest BCUT2D eigenvalue weighted by Crippen LogP contribution is 2.35. The molecule has 0 aliphatic carbocycles. The number of nitrogens with zero attached hydrogens (tertiary/aromatic N) is 1. The molecule has 2 aromatic carbocycles. The van der Waals surface area contributed by atoms with Crippen LogP contribution in [-0.4, -0.2) is 17.7 Å². The average molecular weight is 361 g/mol. The Balaban J connectivity index is 1.51. The molecule has 1 amide bonds. The van der Waals surface area contributed by atoms with Crippen molar-refractivity contribution in [3.63, 3.8) is 0 Å². The molecular formula is C21H19N3O3. The van der Waals surface area contributed by atoms with Crippen molar-refractivity contribution in [3.05, 3.63) is 72.1 Å². The molecule has 6 nitrogen and oxygen atoms in total. The van der Waals surface area contributed by atoms with E-state index in [1.165, 1.54) is 0 Å². The molecular weight excluding hydrogens is 342 g/mol. The van der Waals surface area contributed by atoms with Gasteiger partial charge in [0.25, 0.3) is 5.91 Å². The van der Waals surface area contributed by atoms with Crippen molar-refractivity contribution in [2.75, 3.05) is 17.4 Å². The minimum absolute atomic E-state index is 0.234. The van der Waals surface area contributed by atoms with E-state index in [2.05, 4.69) is 22.5 Å². The third-order valence-electron chi connectivity index (χ3n) is 4.30. The van der Waals surface area contributed by atoms with Crippen molar-refractivity contribution in [3.8, 4) is 11.5 Å². The lowest BCUT2D eigenvalue weighted by atomic mass is 10.1. The number of fused-ring (bicyclic) bond motifs is 1. The summed E-state index contributed by atoms with van der Waals surface area (Å²) in [4.78, 5) is 16.8. The van der Waals surface area contributed by atoms with Gasteiger partial charge in [-0.1, -0.05) is 25.1 Å². The van der Waals surface area contributed by atoms with Gasteiger partial charge in [0.2, 0.25) is 6.79 Å². The van der Waals surface area contributed by atoms with E-state index >= 15 is 0 Å². The molecule has 1 aliphatic rings.